The van der Waals surface area contributed by atoms with E-state index in [1.807, 2.05) is 11.8 Å². The Morgan fingerprint density at radius 2 is 1.54 bits per heavy atom. The van der Waals surface area contributed by atoms with Crippen molar-refractivity contribution in [1.82, 2.24) is 48.0 Å². The van der Waals surface area contributed by atoms with Gasteiger partial charge in [-0.3, -0.25) is 43.6 Å². The van der Waals surface area contributed by atoms with Crippen molar-refractivity contribution in [2.24, 2.45) is 11.7 Å². The minimum absolute atomic E-state index is 0.0853. The van der Waals surface area contributed by atoms with Gasteiger partial charge in [0.15, 0.2) is 0 Å². The maximum Gasteiger partial charge on any atom is 0.315 e. The number of nitrogens with two attached hydrogens (primary N) is 1. The largest absolute Gasteiger partial charge is 0.394 e. The lowest BCUT2D eigenvalue weighted by Crippen LogP contribution is -2.55. The summed E-state index contributed by atoms with van der Waals surface area (Å²) in [4.78, 5) is 111. The van der Waals surface area contributed by atoms with Gasteiger partial charge in [0.1, 0.15) is 18.1 Å². The van der Waals surface area contributed by atoms with Crippen LogP contribution in [0.4, 0.5) is 4.79 Å². The molecule has 21 nitrogen and oxygen atoms in total. The van der Waals surface area contributed by atoms with E-state index in [0.29, 0.717) is 36.6 Å². The molecule has 2 aliphatic rings. The molecular formula is C37H56N10O11S. The van der Waals surface area contributed by atoms with Crippen LogP contribution in [-0.4, -0.2) is 131 Å². The summed E-state index contributed by atoms with van der Waals surface area (Å²) in [6.07, 6.45) is 3.75. The lowest BCUT2D eigenvalue weighted by molar-refractivity contribution is -0.137. The van der Waals surface area contributed by atoms with Gasteiger partial charge < -0.3 is 53.4 Å². The highest BCUT2D eigenvalue weighted by Gasteiger charge is 2.42. The molecule has 0 spiro atoms. The fraction of sp³-hybridized carbons (Fsp3) is 0.595. The van der Waals surface area contributed by atoms with E-state index in [-0.39, 0.29) is 36.9 Å². The van der Waals surface area contributed by atoms with Crippen LogP contribution in [0.25, 0.3) is 0 Å². The van der Waals surface area contributed by atoms with E-state index in [2.05, 4.69) is 42.5 Å². The first-order valence-electron chi connectivity index (χ1n) is 19.5. The minimum atomic E-state index is -1.50. The first-order chi connectivity index (χ1) is 28.2. The third kappa shape index (κ3) is 17.1. The third-order valence-corrected chi connectivity index (χ3v) is 11.2. The Labute approximate surface area is 345 Å². The smallest absolute Gasteiger partial charge is 0.315 e. The monoisotopic (exact) mass is 848 g/mol. The molecule has 7 atom stereocenters. The van der Waals surface area contributed by atoms with Gasteiger partial charge in [0.05, 0.1) is 37.7 Å². The number of amides is 10. The van der Waals surface area contributed by atoms with Gasteiger partial charge in [-0.15, -0.1) is 0 Å². The van der Waals surface area contributed by atoms with Gasteiger partial charge in [0, 0.05) is 30.4 Å². The number of fused-ring (bicyclic) bond motifs is 1. The van der Waals surface area contributed by atoms with Crippen LogP contribution in [0.5, 0.6) is 0 Å². The van der Waals surface area contributed by atoms with E-state index < -0.39 is 91.5 Å². The Morgan fingerprint density at radius 1 is 0.814 bits per heavy atom. The number of urea groups is 1. The minimum Gasteiger partial charge on any atom is -0.394 e. The van der Waals surface area contributed by atoms with Crippen molar-refractivity contribution in [2.75, 3.05) is 32.0 Å². The van der Waals surface area contributed by atoms with E-state index in [1.54, 1.807) is 30.3 Å². The van der Waals surface area contributed by atoms with Gasteiger partial charge in [0.25, 0.3) is 0 Å². The van der Waals surface area contributed by atoms with Gasteiger partial charge in [0.2, 0.25) is 47.3 Å². The lowest BCUT2D eigenvalue weighted by Gasteiger charge is -2.22. The number of hydrogen-bond donors (Lipinski definition) is 12. The topological polar surface area (TPSA) is 328 Å². The molecule has 10 amide bonds. The van der Waals surface area contributed by atoms with E-state index in [0.717, 1.165) is 25.0 Å². The molecular weight excluding hydrogens is 793 g/mol. The van der Waals surface area contributed by atoms with Crippen molar-refractivity contribution < 1.29 is 53.5 Å². The number of hydrogen-bond acceptors (Lipinski definition) is 12. The van der Waals surface area contributed by atoms with Crippen LogP contribution in [0.15, 0.2) is 30.3 Å². The van der Waals surface area contributed by atoms with Crippen LogP contribution >= 0.6 is 11.8 Å². The van der Waals surface area contributed by atoms with Crippen LogP contribution in [0.2, 0.25) is 0 Å². The summed E-state index contributed by atoms with van der Waals surface area (Å²) in [6.45, 7) is -0.288. The van der Waals surface area contributed by atoms with Crippen LogP contribution in [-0.2, 0) is 44.8 Å². The molecule has 0 aliphatic carbocycles. The van der Waals surface area contributed by atoms with E-state index in [9.17, 15) is 48.3 Å². The zero-order valence-corrected chi connectivity index (χ0v) is 33.7. The molecule has 1 aromatic rings. The zero-order valence-electron chi connectivity index (χ0n) is 32.9. The van der Waals surface area contributed by atoms with Gasteiger partial charge >= 0.3 is 6.03 Å². The summed E-state index contributed by atoms with van der Waals surface area (Å²) in [6, 6.07) is 5.11. The number of carbonyl (C=O) groups excluding carboxylic acids is 9. The van der Waals surface area contributed by atoms with Crippen molar-refractivity contribution in [3.8, 4) is 0 Å². The molecule has 1 aromatic carbocycles. The summed E-state index contributed by atoms with van der Waals surface area (Å²) >= 11 is 1.83. The standard InChI is InChI=1S/C37H56N10O11S/c1-21(42-36(56)25(19-48)44-35(55)23(16-29(50)47-58)15-22-9-3-2-4-10-22)34(54)41-17-30(51)40-18-31(52)43-24(33(38)53)11-7-8-14-39-28(49)13-6-5-12-27-32-26(20-59-27)45-37(57)46-32/h2-4,9-10,21,23-27,32,48,58H,5-8,11-20H2,1H3,(H2,38,53)(H,39,49)(H,40,51)(H,41,54)(H,42,56)(H,43,52)(H,44,55)(H,47,50)(H2,45,46,57)/t21-,23?,24-,25-,26-,27-,32-/m0/s1. The lowest BCUT2D eigenvalue weighted by atomic mass is 9.94. The fourth-order valence-electron chi connectivity index (χ4n) is 6.45. The molecule has 2 heterocycles. The summed E-state index contributed by atoms with van der Waals surface area (Å²) in [5.74, 6) is -5.79. The summed E-state index contributed by atoms with van der Waals surface area (Å²) < 4.78 is 0. The quantitative estimate of drug-likeness (QED) is 0.0191. The molecule has 0 aromatic heterocycles. The first kappa shape index (κ1) is 47.9. The SMILES string of the molecule is C[C@H](NC(=O)[C@H](CO)NC(=O)C(CC(=O)NO)Cc1ccccc1)C(=O)NCC(=O)NCC(=O)N[C@@H](CCCCNC(=O)CCCC[C@@H]1SC[C@@H]2NC(=O)N[C@@H]21)C(N)=O. The van der Waals surface area contributed by atoms with Gasteiger partial charge in [-0.2, -0.15) is 11.8 Å². The molecule has 0 bridgehead atoms. The highest BCUT2D eigenvalue weighted by atomic mass is 32.2. The second-order valence-electron chi connectivity index (χ2n) is 14.3. The molecule has 0 saturated carbocycles. The Bertz CT molecular complexity index is 1640. The number of unbranched alkanes of at least 4 members (excludes halogenated alkanes) is 2. The third-order valence-electron chi connectivity index (χ3n) is 9.69. The Balaban J connectivity index is 1.28. The maximum absolute atomic E-state index is 13.0. The highest BCUT2D eigenvalue weighted by molar-refractivity contribution is 8.00. The van der Waals surface area contributed by atoms with Crippen molar-refractivity contribution in [2.45, 2.75) is 100 Å². The van der Waals surface area contributed by atoms with Crippen LogP contribution in [0.1, 0.15) is 63.9 Å². The second-order valence-corrected chi connectivity index (χ2v) is 15.6. The molecule has 0 radical (unpaired) electrons. The number of aliphatic hydroxyl groups is 1. The zero-order chi connectivity index (χ0) is 43.3. The van der Waals surface area contributed by atoms with Crippen LogP contribution in [0, 0.1) is 5.92 Å². The average Bonchev–Trinajstić information content (AvgIpc) is 3.77. The molecule has 3 rings (SSSR count). The number of nitrogens with one attached hydrogen (secondary N) is 9. The molecule has 59 heavy (non-hydrogen) atoms. The number of rotatable bonds is 26. The number of benzene rings is 1. The second kappa shape index (κ2) is 25.1. The average molecular weight is 849 g/mol. The normalized spacial score (nSPS) is 18.6. The van der Waals surface area contributed by atoms with Crippen molar-refractivity contribution >= 4 is 65.1 Å². The van der Waals surface area contributed by atoms with E-state index in [4.69, 9.17) is 10.9 Å². The molecule has 326 valence electrons. The van der Waals surface area contributed by atoms with Crippen molar-refractivity contribution in [3.05, 3.63) is 35.9 Å². The van der Waals surface area contributed by atoms with E-state index >= 15 is 0 Å². The summed E-state index contributed by atoms with van der Waals surface area (Å²) in [5, 5.41) is 39.5. The Kier molecular flexibility index (Phi) is 20.4. The molecule has 2 aliphatic heterocycles. The molecule has 13 N–H and O–H groups in total. The Hall–Kier alpha value is -5.48. The van der Waals surface area contributed by atoms with Crippen molar-refractivity contribution in [3.63, 3.8) is 0 Å². The molecule has 22 heteroatoms. The number of hydroxylamine groups is 1. The predicted octanol–water partition coefficient (Wildman–Crippen LogP) is -3.06. The van der Waals surface area contributed by atoms with Gasteiger partial charge in [-0.25, -0.2) is 10.3 Å². The molecule has 2 fully saturated rings. The van der Waals surface area contributed by atoms with Gasteiger partial charge in [-0.05, 0) is 51.0 Å². The summed E-state index contributed by atoms with van der Waals surface area (Å²) in [5.41, 5.74) is 7.61. The number of aliphatic hydroxyl groups excluding tert-OH is 1. The maximum atomic E-state index is 13.0. The fourth-order valence-corrected chi connectivity index (χ4v) is 7.99. The predicted molar refractivity (Wildman–Crippen MR) is 213 cm³/mol. The van der Waals surface area contributed by atoms with Crippen LogP contribution in [0.3, 0.4) is 0 Å². The highest BCUT2D eigenvalue weighted by Crippen LogP contribution is 2.33. The van der Waals surface area contributed by atoms with Gasteiger partial charge in [-0.1, -0.05) is 36.8 Å². The van der Waals surface area contributed by atoms with Crippen LogP contribution < -0.4 is 53.7 Å². The van der Waals surface area contributed by atoms with E-state index in [1.165, 1.54) is 12.4 Å². The molecule has 1 unspecified atom stereocenters. The number of primary amides is 1. The van der Waals surface area contributed by atoms with Crippen molar-refractivity contribution in [1.29, 1.82) is 0 Å². The summed E-state index contributed by atoms with van der Waals surface area (Å²) in [7, 11) is 0. The first-order valence-corrected chi connectivity index (χ1v) is 20.5. The number of thioether (sulfide) groups is 1. The Morgan fingerprint density at radius 3 is 2.24 bits per heavy atom. The molecule has 2 saturated heterocycles. The number of carbonyl (C=O) groups is 9.